The molecular formula is C112H110FN21O14. The monoisotopic (exact) mass is 1990 g/mol. The van der Waals surface area contributed by atoms with Gasteiger partial charge < -0.3 is 93.5 Å². The van der Waals surface area contributed by atoms with E-state index >= 15 is 0 Å². The first kappa shape index (κ1) is 97.8. The number of aromatic hydroxyl groups is 6. The lowest BCUT2D eigenvalue weighted by Gasteiger charge is -2.33. The van der Waals surface area contributed by atoms with E-state index in [1.165, 1.54) is 13.2 Å². The van der Waals surface area contributed by atoms with Gasteiger partial charge in [0.25, 0.3) is 0 Å². The Morgan fingerprint density at radius 1 is 0.385 bits per heavy atom. The molecule has 5 fully saturated rings. The van der Waals surface area contributed by atoms with Gasteiger partial charge >= 0.3 is 0 Å². The van der Waals surface area contributed by atoms with Crippen LogP contribution in [0.3, 0.4) is 0 Å². The maximum Gasteiger partial charge on any atom is 0.183 e. The molecule has 10 aliphatic rings. The van der Waals surface area contributed by atoms with Gasteiger partial charge in [-0.05, 0) is 187 Å². The quantitative estimate of drug-likeness (QED) is 0.0355. The molecule has 0 aliphatic carbocycles. The van der Waals surface area contributed by atoms with E-state index in [1.807, 2.05) is 115 Å². The lowest BCUT2D eigenvalue weighted by atomic mass is 9.74. The first-order valence-electron chi connectivity index (χ1n) is 49.7. The van der Waals surface area contributed by atoms with E-state index in [2.05, 4.69) is 139 Å². The number of piperidine rings is 2. The third kappa shape index (κ3) is 20.5. The van der Waals surface area contributed by atoms with E-state index < -0.39 is 5.82 Å². The molecule has 25 rings (SSSR count). The number of nitrogens with zero attached hydrogens (tertiary/aromatic N) is 16. The number of ether oxygens (including phenoxy) is 3. The molecule has 754 valence electrons. The molecule has 0 radical (unpaired) electrons. The standard InChI is InChI=1S/C27H27N3O3.C24H24FN3O3.C21H21N5O3.C20H19N5O3.C20H19N5O2/c1-27(2,17-11-14-28-15-12-17)13-10-19-23(32-3)9-8-20-25(31)24(33-26(19)20)16-22-18-6-4-5-7-21(18)29-30-22;1-30-24-16(7-6-14-8-10-26-11-9-14)23-17(12-18(24)25)22(29)21(31-23)13-20-15-4-2-3-5-19(15)27-28-20;1-28-17-5-4-14-19(27)18(11-16-13-3-2-6-23-21(13)25-24-16)29-20(14)15(17)12-26-9-7-22-8-10-26;26-16-4-3-13-18(27)17(10-15-12-2-1-5-22-20(12)24-23-15)28-19(13)14(16)11-25-8-6-21-7-9-25;26-18-15-4-1-3-13(12-25-9-7-21-8-10-25)19(15)27-17(18)11-16-14-5-2-6-22-20(14)24-23-16/h4-9,16-17,28,31H,11-12,14-15H2,1-3H3;2-5,12-14,26,29H,6-11H2,1H3;2-6,11,22,27H,7-10,12H2,1H3;1-5,10,21,26-27H,6-9,11H2;1-6,11,21,26H,7-10,12H2. The largest absolute Gasteiger partial charge is 0.507 e. The highest BCUT2D eigenvalue weighted by Gasteiger charge is 2.34. The number of piperazine rings is 3. The smallest absolute Gasteiger partial charge is 0.183 e. The van der Waals surface area contributed by atoms with Crippen LogP contribution in [0.15, 0.2) is 237 Å². The van der Waals surface area contributed by atoms with Gasteiger partial charge in [0.2, 0.25) is 0 Å². The number of nitrogens with one attached hydrogen (secondary N) is 5. The van der Waals surface area contributed by atoms with E-state index in [4.69, 9.17) is 36.3 Å². The number of benzene rings is 7. The van der Waals surface area contributed by atoms with E-state index in [0.29, 0.717) is 161 Å². The molecule has 7 aromatic carbocycles. The van der Waals surface area contributed by atoms with Crippen LogP contribution in [0.25, 0.3) is 114 Å². The molecule has 0 bridgehead atoms. The Labute approximate surface area is 849 Å². The molecule has 11 N–H and O–H groups in total. The van der Waals surface area contributed by atoms with Crippen LogP contribution in [0.1, 0.15) is 130 Å². The number of furan rings is 5. The minimum absolute atomic E-state index is 0.0246. The Hall–Kier alpha value is -16.2. The van der Waals surface area contributed by atoms with Crippen molar-refractivity contribution in [3.05, 3.63) is 254 Å². The maximum atomic E-state index is 14.8. The average molecular weight is 1990 g/mol. The van der Waals surface area contributed by atoms with E-state index in [-0.39, 0.29) is 57.2 Å². The van der Waals surface area contributed by atoms with Crippen LogP contribution in [0.5, 0.6) is 51.7 Å². The first-order valence-corrected chi connectivity index (χ1v) is 49.7. The summed E-state index contributed by atoms with van der Waals surface area (Å²) in [5.74, 6) is 12.6. The Kier molecular flexibility index (Phi) is 28.8. The first-order chi connectivity index (χ1) is 72.4. The number of fused-ring (bicyclic) bond motifs is 10. The molecule has 0 saturated carbocycles. The van der Waals surface area contributed by atoms with Crippen LogP contribution in [0.4, 0.5) is 33.2 Å². The van der Waals surface area contributed by atoms with Crippen LogP contribution in [0.2, 0.25) is 0 Å². The number of pyridine rings is 3. The lowest BCUT2D eigenvalue weighted by Crippen LogP contribution is -2.42. The summed E-state index contributed by atoms with van der Waals surface area (Å²) in [5.41, 5.74) is 15.5. The molecule has 148 heavy (non-hydrogen) atoms. The number of aromatic nitrogens is 3. The van der Waals surface area contributed by atoms with Gasteiger partial charge in [-0.1, -0.05) is 60.4 Å². The number of halogens is 1. The molecular weight excluding hydrogens is 1880 g/mol. The molecule has 5 saturated heterocycles. The zero-order valence-corrected chi connectivity index (χ0v) is 82.3. The van der Waals surface area contributed by atoms with Crippen molar-refractivity contribution in [1.29, 1.82) is 0 Å². The molecule has 0 atom stereocenters. The summed E-state index contributed by atoms with van der Waals surface area (Å²) in [4.78, 5) is 19.5. The van der Waals surface area contributed by atoms with Gasteiger partial charge in [0.1, 0.15) is 62.2 Å². The number of azo groups is 5. The summed E-state index contributed by atoms with van der Waals surface area (Å²) in [5, 5.41) is 125. The zero-order valence-electron chi connectivity index (χ0n) is 82.3. The zero-order chi connectivity index (χ0) is 101. The molecule has 10 aliphatic heterocycles. The molecule has 18 heterocycles. The van der Waals surface area contributed by atoms with Gasteiger partial charge in [-0.3, -0.25) is 14.7 Å². The molecule has 0 spiro atoms. The topological polar surface area (TPSA) is 447 Å². The molecule has 8 aromatic heterocycles. The van der Waals surface area contributed by atoms with Gasteiger partial charge in [0.05, 0.1) is 82.2 Å². The maximum absolute atomic E-state index is 14.8. The van der Waals surface area contributed by atoms with Crippen molar-refractivity contribution in [3.8, 4) is 63.6 Å². The second kappa shape index (κ2) is 43.6. The van der Waals surface area contributed by atoms with Crippen LogP contribution in [-0.4, -0.2) is 186 Å². The van der Waals surface area contributed by atoms with Gasteiger partial charge in [-0.25, -0.2) is 19.3 Å². The fourth-order valence-corrected chi connectivity index (χ4v) is 20.1. The van der Waals surface area contributed by atoms with Gasteiger partial charge in [0.15, 0.2) is 92.2 Å². The van der Waals surface area contributed by atoms with E-state index in [0.717, 1.165) is 210 Å². The number of hydrogen-bond donors (Lipinski definition) is 11. The summed E-state index contributed by atoms with van der Waals surface area (Å²) in [6, 6.07) is 44.2. The Bertz CT molecular complexity index is 7970. The van der Waals surface area contributed by atoms with Gasteiger partial charge in [-0.2, -0.15) is 0 Å². The Morgan fingerprint density at radius 3 is 1.27 bits per heavy atom. The fraction of sp³-hybridized carbons (Fsp3) is 0.295. The minimum atomic E-state index is -0.503. The van der Waals surface area contributed by atoms with Crippen LogP contribution in [0, 0.1) is 34.9 Å². The number of phenolic OH excluding ortho intramolecular Hbond substituents is 1. The van der Waals surface area contributed by atoms with Crippen LogP contribution in [-0.2, 0) is 26.1 Å². The van der Waals surface area contributed by atoms with Crippen molar-refractivity contribution in [3.63, 3.8) is 0 Å². The third-order valence-electron chi connectivity index (χ3n) is 28.2. The van der Waals surface area contributed by atoms with Gasteiger partial charge in [0, 0.05) is 192 Å². The number of phenols is 1. The highest BCUT2D eigenvalue weighted by atomic mass is 19.1. The van der Waals surface area contributed by atoms with Gasteiger partial charge in [-0.15, -0.1) is 51.1 Å². The number of aryl methyl sites for hydroxylation is 1. The van der Waals surface area contributed by atoms with Crippen molar-refractivity contribution < 1.29 is 71.3 Å². The van der Waals surface area contributed by atoms with Crippen molar-refractivity contribution >= 4 is 143 Å². The SMILES string of the molecule is COc1c(F)cc2c(O)c(C=C3N=Nc4ccccc43)oc2c1CCC1CCNCC1.COc1ccc2c(O)c(C=C3N=Nc4ccccc43)oc2c1C#CC(C)(C)C1CCNCC1.COc1ccc2c(O)c(C=C3N=Nc4ncccc43)oc2c1CN1CCNCC1.Oc1c(C=C2N=Nc3ncccc32)oc2c(CN3CCNCC3)cccc12.Oc1ccc2c(O)c(C=C3N=Nc4ncccc43)oc2c1CN1CCNCC1. The highest BCUT2D eigenvalue weighted by molar-refractivity contribution is 6.01. The summed E-state index contributed by atoms with van der Waals surface area (Å²) in [6.45, 7) is 21.9. The minimum Gasteiger partial charge on any atom is -0.507 e. The lowest BCUT2D eigenvalue weighted by molar-refractivity contribution is 0.230. The summed E-state index contributed by atoms with van der Waals surface area (Å²) < 4.78 is 61.7. The molecule has 36 heteroatoms. The van der Waals surface area contributed by atoms with E-state index in [9.17, 15) is 35.0 Å². The molecule has 15 aromatic rings. The fourth-order valence-electron chi connectivity index (χ4n) is 20.1. The molecule has 0 unspecified atom stereocenters. The van der Waals surface area contributed by atoms with Crippen molar-refractivity contribution in [2.75, 3.05) is 126 Å². The highest BCUT2D eigenvalue weighted by Crippen LogP contribution is 2.50. The predicted octanol–water partition coefficient (Wildman–Crippen LogP) is 22.2. The number of methoxy groups -OCH3 is 3. The van der Waals surface area contributed by atoms with Crippen LogP contribution >= 0.6 is 0 Å². The van der Waals surface area contributed by atoms with Crippen molar-refractivity contribution in [2.24, 2.45) is 68.4 Å². The van der Waals surface area contributed by atoms with E-state index in [1.54, 1.807) is 81.4 Å². The van der Waals surface area contributed by atoms with Crippen LogP contribution < -0.4 is 40.8 Å². The van der Waals surface area contributed by atoms with Crippen molar-refractivity contribution in [1.82, 2.24) is 56.2 Å². The number of para-hydroxylation sites is 1. The average Bonchev–Trinajstić information content (AvgIpc) is 1.63. The third-order valence-corrected chi connectivity index (χ3v) is 28.2. The summed E-state index contributed by atoms with van der Waals surface area (Å²) in [7, 11) is 4.72. The second-order valence-electron chi connectivity index (χ2n) is 37.8. The number of rotatable bonds is 18. The number of hydrogen-bond acceptors (Lipinski definition) is 35. The predicted molar refractivity (Wildman–Crippen MR) is 563 cm³/mol. The Balaban J connectivity index is 0.000000109. The molecule has 0 amide bonds. The molecule has 35 nitrogen and oxygen atoms in total. The van der Waals surface area contributed by atoms with Crippen molar-refractivity contribution in [2.45, 2.75) is 72.0 Å². The second-order valence-corrected chi connectivity index (χ2v) is 37.8. The Morgan fingerprint density at radius 2 is 0.777 bits per heavy atom. The summed E-state index contributed by atoms with van der Waals surface area (Å²) in [6.07, 6.45) is 19.4. The normalized spacial score (nSPS) is 17.8. The summed E-state index contributed by atoms with van der Waals surface area (Å²) >= 11 is 0.